The van der Waals surface area contributed by atoms with Crippen LogP contribution in [0.25, 0.3) is 0 Å². The number of alkyl halides is 3. The number of amides is 2. The first kappa shape index (κ1) is 26.6. The molecule has 0 fully saturated rings. The molecule has 11 heteroatoms. The molecule has 0 atom stereocenters. The van der Waals surface area contributed by atoms with Crippen molar-refractivity contribution >= 4 is 40.8 Å². The predicted molar refractivity (Wildman–Crippen MR) is 127 cm³/mol. The van der Waals surface area contributed by atoms with Gasteiger partial charge in [-0.15, -0.1) is 0 Å². The summed E-state index contributed by atoms with van der Waals surface area (Å²) >= 11 is 5.83. The van der Waals surface area contributed by atoms with Crippen molar-refractivity contribution in [3.8, 4) is 11.5 Å². The van der Waals surface area contributed by atoms with Crippen molar-refractivity contribution in [1.82, 2.24) is 0 Å². The second-order valence-corrected chi connectivity index (χ2v) is 7.85. The second-order valence-electron chi connectivity index (χ2n) is 7.42. The lowest BCUT2D eigenvalue weighted by Crippen LogP contribution is -2.22. The van der Waals surface area contributed by atoms with Gasteiger partial charge in [0.25, 0.3) is 5.91 Å². The number of carbonyl (C=O) groups excluding carboxylic acids is 3. The molecule has 0 spiro atoms. The van der Waals surface area contributed by atoms with Gasteiger partial charge in [0.15, 0.2) is 6.61 Å². The van der Waals surface area contributed by atoms with Crippen molar-refractivity contribution in [2.45, 2.75) is 19.0 Å². The summed E-state index contributed by atoms with van der Waals surface area (Å²) in [6, 6.07) is 17.4. The molecule has 3 aromatic rings. The molecular formula is C25H20ClF3N2O5. The molecule has 0 unspecified atom stereocenters. The van der Waals surface area contributed by atoms with Crippen molar-refractivity contribution in [3.05, 3.63) is 83.4 Å². The van der Waals surface area contributed by atoms with E-state index in [1.54, 1.807) is 48.5 Å². The summed E-state index contributed by atoms with van der Waals surface area (Å²) in [5, 5.41) is 5.42. The van der Waals surface area contributed by atoms with Gasteiger partial charge in [-0.2, -0.15) is 13.2 Å². The van der Waals surface area contributed by atoms with Crippen LogP contribution in [0.5, 0.6) is 11.5 Å². The zero-order valence-corrected chi connectivity index (χ0v) is 19.4. The molecule has 0 aliphatic heterocycles. The van der Waals surface area contributed by atoms with Crippen LogP contribution in [0.15, 0.2) is 72.8 Å². The van der Waals surface area contributed by atoms with Gasteiger partial charge in [-0.3, -0.25) is 14.4 Å². The van der Waals surface area contributed by atoms with E-state index in [0.29, 0.717) is 22.2 Å². The van der Waals surface area contributed by atoms with Gasteiger partial charge >= 0.3 is 12.1 Å². The third kappa shape index (κ3) is 8.62. The zero-order chi connectivity index (χ0) is 26.1. The van der Waals surface area contributed by atoms with Gasteiger partial charge in [0.05, 0.1) is 12.0 Å². The largest absolute Gasteiger partial charge is 0.457 e. The van der Waals surface area contributed by atoms with Crippen LogP contribution < -0.4 is 15.4 Å². The number of ether oxygens (including phenoxy) is 2. The molecule has 2 amide bonds. The fraction of sp³-hybridized carbons (Fsp3) is 0.160. The van der Waals surface area contributed by atoms with Gasteiger partial charge < -0.3 is 20.1 Å². The van der Waals surface area contributed by atoms with Crippen LogP contribution >= 0.6 is 11.6 Å². The monoisotopic (exact) mass is 520 g/mol. The summed E-state index contributed by atoms with van der Waals surface area (Å²) in [6.07, 6.45) is -5.04. The van der Waals surface area contributed by atoms with Gasteiger partial charge in [-0.05, 0) is 66.7 Å². The Balaban J connectivity index is 1.37. The normalized spacial score (nSPS) is 10.9. The van der Waals surface area contributed by atoms with Crippen LogP contribution in [0.3, 0.4) is 0 Å². The molecule has 7 nitrogen and oxygen atoms in total. The first-order valence-electron chi connectivity index (χ1n) is 10.5. The summed E-state index contributed by atoms with van der Waals surface area (Å²) in [5.74, 6) is -0.934. The number of carbonyl (C=O) groups is 3. The highest BCUT2D eigenvalue weighted by Gasteiger charge is 2.30. The van der Waals surface area contributed by atoms with E-state index in [-0.39, 0.29) is 18.5 Å². The number of anilines is 2. The third-order valence-corrected chi connectivity index (χ3v) is 4.83. The summed E-state index contributed by atoms with van der Waals surface area (Å²) in [4.78, 5) is 35.8. The Morgan fingerprint density at radius 2 is 1.39 bits per heavy atom. The zero-order valence-electron chi connectivity index (χ0n) is 18.6. The number of esters is 1. The fourth-order valence-corrected chi connectivity index (χ4v) is 3.00. The highest BCUT2D eigenvalue weighted by molar-refractivity contribution is 6.30. The summed E-state index contributed by atoms with van der Waals surface area (Å²) in [5.41, 5.74) is -0.529. The van der Waals surface area contributed by atoms with E-state index < -0.39 is 36.1 Å². The predicted octanol–water partition coefficient (Wildman–Crippen LogP) is 6.05. The molecule has 2 N–H and O–H groups in total. The summed E-state index contributed by atoms with van der Waals surface area (Å²) in [6.45, 7) is -0.703. The Morgan fingerprint density at radius 3 is 2.03 bits per heavy atom. The molecule has 0 heterocycles. The molecule has 0 aromatic heterocycles. The molecular weight excluding hydrogens is 501 g/mol. The van der Waals surface area contributed by atoms with E-state index in [9.17, 15) is 27.6 Å². The van der Waals surface area contributed by atoms with Crippen LogP contribution in [0.4, 0.5) is 24.5 Å². The quantitative estimate of drug-likeness (QED) is 0.335. The van der Waals surface area contributed by atoms with Gasteiger partial charge in [-0.1, -0.05) is 17.7 Å². The molecule has 0 aliphatic carbocycles. The molecule has 0 saturated carbocycles. The van der Waals surface area contributed by atoms with E-state index in [2.05, 4.69) is 10.6 Å². The maximum absolute atomic E-state index is 12.7. The molecule has 3 rings (SSSR count). The molecule has 0 radical (unpaired) electrons. The van der Waals surface area contributed by atoms with Gasteiger partial charge in [-0.25, -0.2) is 0 Å². The van der Waals surface area contributed by atoms with Crippen molar-refractivity contribution in [2.24, 2.45) is 0 Å². The van der Waals surface area contributed by atoms with E-state index in [0.717, 1.165) is 18.2 Å². The van der Waals surface area contributed by atoms with Gasteiger partial charge in [0, 0.05) is 22.8 Å². The average Bonchev–Trinajstić information content (AvgIpc) is 2.84. The van der Waals surface area contributed by atoms with Crippen LogP contribution in [0.1, 0.15) is 18.4 Å². The smallest absolute Gasteiger partial charge is 0.416 e. The second kappa shape index (κ2) is 12.1. The highest BCUT2D eigenvalue weighted by Crippen LogP contribution is 2.30. The van der Waals surface area contributed by atoms with Crippen molar-refractivity contribution in [1.29, 1.82) is 0 Å². The number of rotatable bonds is 9. The molecule has 0 aliphatic rings. The van der Waals surface area contributed by atoms with Gasteiger partial charge in [0.1, 0.15) is 11.5 Å². The summed E-state index contributed by atoms with van der Waals surface area (Å²) < 4.78 is 48.6. The first-order valence-corrected chi connectivity index (χ1v) is 10.9. The number of hydrogen-bond acceptors (Lipinski definition) is 5. The number of halogens is 4. The minimum Gasteiger partial charge on any atom is -0.457 e. The maximum Gasteiger partial charge on any atom is 0.416 e. The Morgan fingerprint density at radius 1 is 0.778 bits per heavy atom. The van der Waals surface area contributed by atoms with Crippen LogP contribution in [-0.2, 0) is 25.3 Å². The van der Waals surface area contributed by atoms with E-state index >= 15 is 0 Å². The molecule has 188 valence electrons. The van der Waals surface area contributed by atoms with Crippen LogP contribution in [0, 0.1) is 0 Å². The first-order chi connectivity index (χ1) is 17.1. The Hall–Kier alpha value is -4.05. The number of hydrogen-bond donors (Lipinski definition) is 2. The Kier molecular flexibility index (Phi) is 8.91. The van der Waals surface area contributed by atoms with Crippen LogP contribution in [-0.4, -0.2) is 24.4 Å². The lowest BCUT2D eigenvalue weighted by molar-refractivity contribution is -0.147. The molecule has 0 bridgehead atoms. The number of benzene rings is 3. The number of nitrogens with one attached hydrogen (secondary N) is 2. The van der Waals surface area contributed by atoms with E-state index in [1.165, 1.54) is 6.07 Å². The van der Waals surface area contributed by atoms with E-state index in [4.69, 9.17) is 21.1 Å². The Bertz CT molecular complexity index is 1220. The van der Waals surface area contributed by atoms with Crippen LogP contribution in [0.2, 0.25) is 5.02 Å². The van der Waals surface area contributed by atoms with Crippen molar-refractivity contribution < 1.29 is 37.0 Å². The molecule has 36 heavy (non-hydrogen) atoms. The minimum atomic E-state index is -4.55. The lowest BCUT2D eigenvalue weighted by atomic mass is 10.2. The topological polar surface area (TPSA) is 93.7 Å². The van der Waals surface area contributed by atoms with Crippen molar-refractivity contribution in [3.63, 3.8) is 0 Å². The lowest BCUT2D eigenvalue weighted by Gasteiger charge is -2.10. The Labute approximate surface area is 209 Å². The van der Waals surface area contributed by atoms with Crippen molar-refractivity contribution in [2.75, 3.05) is 17.2 Å². The fourth-order valence-electron chi connectivity index (χ4n) is 2.87. The molecule has 0 saturated heterocycles. The highest BCUT2D eigenvalue weighted by atomic mass is 35.5. The standard InChI is InChI=1S/C25H20ClF3N2O5/c26-17-4-8-20(9-5-17)36-21-10-6-18(7-11-21)30-22(32)12-13-24(34)35-15-23(33)31-19-3-1-2-16(14-19)25(27,28)29/h1-11,14H,12-13,15H2,(H,30,32)(H,31,33). The van der Waals surface area contributed by atoms with Gasteiger partial charge in [0.2, 0.25) is 5.91 Å². The summed E-state index contributed by atoms with van der Waals surface area (Å²) in [7, 11) is 0. The minimum absolute atomic E-state index is 0.0881. The maximum atomic E-state index is 12.7. The SMILES string of the molecule is O=C(CCC(=O)OCC(=O)Nc1cccc(C(F)(F)F)c1)Nc1ccc(Oc2ccc(Cl)cc2)cc1. The third-order valence-electron chi connectivity index (χ3n) is 4.58. The molecule has 3 aromatic carbocycles. The average molecular weight is 521 g/mol. The van der Waals surface area contributed by atoms with E-state index in [1.807, 2.05) is 0 Å².